The van der Waals surface area contributed by atoms with Crippen LogP contribution in [-0.2, 0) is 53.3 Å². The number of amides is 3. The first kappa shape index (κ1) is 46.2. The van der Waals surface area contributed by atoms with Crippen molar-refractivity contribution >= 4 is 93.7 Å². The predicted octanol–water partition coefficient (Wildman–Crippen LogP) is 8.67. The monoisotopic (exact) mass is 976 g/mol. The summed E-state index contributed by atoms with van der Waals surface area (Å²) in [6.45, 7) is 10.9. The van der Waals surface area contributed by atoms with Crippen molar-refractivity contribution in [3.8, 4) is 21.1 Å². The van der Waals surface area contributed by atoms with Gasteiger partial charge in [0, 0.05) is 96.8 Å². The highest BCUT2D eigenvalue weighted by molar-refractivity contribution is 7.23. The van der Waals surface area contributed by atoms with E-state index in [9.17, 15) is 14.4 Å². The molecule has 0 radical (unpaired) electrons. The third-order valence-electron chi connectivity index (χ3n) is 11.0. The lowest BCUT2D eigenvalue weighted by Crippen LogP contribution is -2.39. The maximum absolute atomic E-state index is 12.9. The van der Waals surface area contributed by atoms with Crippen LogP contribution >= 0.6 is 45.3 Å². The molecule has 3 amide bonds. The van der Waals surface area contributed by atoms with Crippen molar-refractivity contribution in [2.45, 2.75) is 78.2 Å². The quantitative estimate of drug-likeness (QED) is 0.0513. The largest absolute Gasteiger partial charge is 0.444 e. The summed E-state index contributed by atoms with van der Waals surface area (Å²) < 4.78 is 7.87. The standard InChI is InChI=1S/C26H30N6O3S2.C21H22N6OS2/c1-26(2,3)35-25(34)32-11-9-17-20(14-32)37-24(22(17)23-30-18-6-4-5-7-19(18)36-23)31-21(33)8-10-27-12-16-13-28-15-29-16;28-18(6-8-22-9-13-10-24-12-25-13)27-21-19(14-5-7-23-11-17(14)30-21)20-26-15-3-1-2-4-16(15)29-20/h4-7,13,15,27H,8-12,14H2,1-3H3,(H,28,29)(H,31,33);1-4,10,12,22-23H,5-9,11H2,(H,24,25)(H,27,28). The summed E-state index contributed by atoms with van der Waals surface area (Å²) in [7, 11) is 0. The second-order valence-electron chi connectivity index (χ2n) is 17.1. The Labute approximate surface area is 403 Å². The van der Waals surface area contributed by atoms with Crippen molar-refractivity contribution in [1.29, 1.82) is 0 Å². The molecule has 0 saturated heterocycles. The fourth-order valence-electron chi connectivity index (χ4n) is 7.80. The van der Waals surface area contributed by atoms with Gasteiger partial charge >= 0.3 is 6.09 Å². The van der Waals surface area contributed by atoms with Crippen LogP contribution in [0.2, 0.25) is 0 Å². The zero-order chi connectivity index (χ0) is 46.3. The molecule has 2 aromatic carbocycles. The summed E-state index contributed by atoms with van der Waals surface area (Å²) in [5, 5.41) is 19.8. The van der Waals surface area contributed by atoms with E-state index in [2.05, 4.69) is 58.7 Å². The van der Waals surface area contributed by atoms with Crippen LogP contribution in [-0.4, -0.2) is 84.5 Å². The van der Waals surface area contributed by atoms with Gasteiger partial charge in [-0.25, -0.2) is 24.7 Å². The third kappa shape index (κ3) is 11.5. The smallest absolute Gasteiger partial charge is 0.410 e. The number of benzene rings is 2. The highest BCUT2D eigenvalue weighted by atomic mass is 32.1. The number of rotatable bonds is 14. The number of thiazole rings is 2. The molecule has 20 heteroatoms. The number of nitrogens with zero attached hydrogens (tertiary/aromatic N) is 5. The molecule has 0 aliphatic carbocycles. The molecular weight excluding hydrogens is 925 g/mol. The average Bonchev–Trinajstić information content (AvgIpc) is 4.17. The van der Waals surface area contributed by atoms with Crippen molar-refractivity contribution in [2.24, 2.45) is 0 Å². The fraction of sp³-hybridized carbons (Fsp3) is 0.340. The van der Waals surface area contributed by atoms with E-state index in [4.69, 9.17) is 14.7 Å². The Hall–Kier alpha value is -5.87. The van der Waals surface area contributed by atoms with Crippen molar-refractivity contribution in [3.05, 3.63) is 106 Å². The average molecular weight is 977 g/mol. The fourth-order valence-corrected chi connectivity index (χ4v) is 12.5. The number of H-pyrrole nitrogens is 2. The molecule has 2 aliphatic rings. The molecule has 2 aliphatic heterocycles. The SMILES string of the molecule is CC(C)(C)OC(=O)N1CCc2c(sc(NC(=O)CCNCc3cnc[nH]3)c2-c2nc3ccccc3s2)C1.O=C(CCNCc1cnc[nH]1)Nc1sc2c(c1-c1nc3ccccc3s1)CCNC2. The maximum atomic E-state index is 12.9. The molecule has 8 aromatic rings. The molecule has 0 spiro atoms. The summed E-state index contributed by atoms with van der Waals surface area (Å²) in [4.78, 5) is 66.2. The first-order chi connectivity index (χ1) is 32.5. The van der Waals surface area contributed by atoms with Crippen LogP contribution in [0.15, 0.2) is 73.6 Å². The summed E-state index contributed by atoms with van der Waals surface area (Å²) in [5.41, 5.74) is 7.93. The minimum absolute atomic E-state index is 0.0148. The van der Waals surface area contributed by atoms with Crippen LogP contribution in [0.1, 0.15) is 65.9 Å². The molecule has 0 unspecified atom stereocenters. The third-order valence-corrected chi connectivity index (χ3v) is 15.3. The molecule has 0 bridgehead atoms. The van der Waals surface area contributed by atoms with Gasteiger partial charge in [-0.05, 0) is 75.5 Å². The van der Waals surface area contributed by atoms with Crippen molar-refractivity contribution in [2.75, 3.05) is 36.8 Å². The van der Waals surface area contributed by atoms with E-state index in [1.165, 1.54) is 26.5 Å². The molecule has 0 atom stereocenters. The maximum Gasteiger partial charge on any atom is 0.410 e. The van der Waals surface area contributed by atoms with Gasteiger partial charge in [0.15, 0.2) is 0 Å². The van der Waals surface area contributed by atoms with Gasteiger partial charge in [-0.15, -0.1) is 45.3 Å². The first-order valence-electron chi connectivity index (χ1n) is 22.2. The number of fused-ring (bicyclic) bond motifs is 4. The Bertz CT molecular complexity index is 2900. The van der Waals surface area contributed by atoms with Crippen molar-refractivity contribution in [3.63, 3.8) is 0 Å². The van der Waals surface area contributed by atoms with Crippen LogP contribution in [0.4, 0.5) is 14.8 Å². The molecular formula is C47H52N12O4S4. The lowest BCUT2D eigenvalue weighted by Gasteiger charge is -2.30. The number of aromatic amines is 2. The molecule has 7 N–H and O–H groups in total. The second kappa shape index (κ2) is 21.0. The van der Waals surface area contributed by atoms with Gasteiger partial charge < -0.3 is 46.2 Å². The normalized spacial score (nSPS) is 13.5. The number of thiophene rings is 2. The van der Waals surface area contributed by atoms with Gasteiger partial charge in [0.25, 0.3) is 0 Å². The Morgan fingerprint density at radius 1 is 0.716 bits per heavy atom. The van der Waals surface area contributed by atoms with E-state index in [1.54, 1.807) is 64.0 Å². The lowest BCUT2D eigenvalue weighted by atomic mass is 10.0. The van der Waals surface area contributed by atoms with E-state index in [0.29, 0.717) is 58.5 Å². The van der Waals surface area contributed by atoms with E-state index in [0.717, 1.165) is 88.2 Å². The number of aromatic nitrogens is 6. The molecule has 10 rings (SSSR count). The Morgan fingerprint density at radius 3 is 1.78 bits per heavy atom. The van der Waals surface area contributed by atoms with Crippen LogP contribution in [0.5, 0.6) is 0 Å². The second-order valence-corrected chi connectivity index (χ2v) is 21.3. The Kier molecular flexibility index (Phi) is 14.5. The number of hydrogen-bond donors (Lipinski definition) is 7. The predicted molar refractivity (Wildman–Crippen MR) is 269 cm³/mol. The minimum atomic E-state index is -0.552. The minimum Gasteiger partial charge on any atom is -0.444 e. The summed E-state index contributed by atoms with van der Waals surface area (Å²) in [6.07, 6.45) is 8.89. The number of carbonyl (C=O) groups excluding carboxylic acids is 3. The van der Waals surface area contributed by atoms with E-state index >= 15 is 0 Å². The van der Waals surface area contributed by atoms with E-state index in [1.807, 2.05) is 57.2 Å². The topological polar surface area (TPSA) is 207 Å². The number of carbonyl (C=O) groups is 3. The molecule has 8 heterocycles. The number of anilines is 2. The van der Waals surface area contributed by atoms with Gasteiger partial charge in [0.05, 0.1) is 39.6 Å². The number of nitrogens with one attached hydrogen (secondary N) is 7. The Balaban J connectivity index is 0.000000171. The van der Waals surface area contributed by atoms with Crippen LogP contribution < -0.4 is 26.6 Å². The van der Waals surface area contributed by atoms with E-state index < -0.39 is 5.60 Å². The Morgan fingerprint density at radius 2 is 1.25 bits per heavy atom. The van der Waals surface area contributed by atoms with Gasteiger partial charge in [-0.1, -0.05) is 24.3 Å². The van der Waals surface area contributed by atoms with Gasteiger partial charge in [-0.3, -0.25) is 9.59 Å². The zero-order valence-corrected chi connectivity index (χ0v) is 40.7. The molecule has 0 saturated carbocycles. The molecule has 16 nitrogen and oxygen atoms in total. The van der Waals surface area contributed by atoms with Crippen LogP contribution in [0.3, 0.4) is 0 Å². The number of imidazole rings is 2. The van der Waals surface area contributed by atoms with Gasteiger partial charge in [0.1, 0.15) is 25.6 Å². The van der Waals surface area contributed by atoms with Crippen molar-refractivity contribution < 1.29 is 19.1 Å². The molecule has 67 heavy (non-hydrogen) atoms. The molecule has 0 fully saturated rings. The first-order valence-corrected chi connectivity index (χ1v) is 25.5. The molecule has 6 aromatic heterocycles. The molecule has 348 valence electrons. The highest BCUT2D eigenvalue weighted by Crippen LogP contribution is 2.47. The number of para-hydroxylation sites is 2. The lowest BCUT2D eigenvalue weighted by molar-refractivity contribution is -0.116. The van der Waals surface area contributed by atoms with Crippen LogP contribution in [0, 0.1) is 0 Å². The van der Waals surface area contributed by atoms with E-state index in [-0.39, 0.29) is 17.9 Å². The number of hydrogen-bond acceptors (Lipinski definition) is 15. The van der Waals surface area contributed by atoms with Crippen LogP contribution in [0.25, 0.3) is 41.6 Å². The summed E-state index contributed by atoms with van der Waals surface area (Å²) in [5.74, 6) is -0.0527. The number of ether oxygens (including phenoxy) is 1. The summed E-state index contributed by atoms with van der Waals surface area (Å²) >= 11 is 6.51. The van der Waals surface area contributed by atoms with Gasteiger partial charge in [0.2, 0.25) is 11.8 Å². The summed E-state index contributed by atoms with van der Waals surface area (Å²) in [6, 6.07) is 16.2. The van der Waals surface area contributed by atoms with Crippen molar-refractivity contribution in [1.82, 2.24) is 50.8 Å². The van der Waals surface area contributed by atoms with Gasteiger partial charge in [-0.2, -0.15) is 0 Å². The zero-order valence-electron chi connectivity index (χ0n) is 37.4. The highest BCUT2D eigenvalue weighted by Gasteiger charge is 2.32.